The van der Waals surface area contributed by atoms with Crippen molar-refractivity contribution in [2.24, 2.45) is 0 Å². The maximum absolute atomic E-state index is 13.0. The largest absolute Gasteiger partial charge is 0.377 e. The van der Waals surface area contributed by atoms with Gasteiger partial charge in [0.15, 0.2) is 0 Å². The number of carbonyl (C=O) groups is 1. The van der Waals surface area contributed by atoms with Crippen molar-refractivity contribution in [2.75, 3.05) is 19.8 Å². The van der Waals surface area contributed by atoms with Gasteiger partial charge in [-0.15, -0.1) is 0 Å². The van der Waals surface area contributed by atoms with E-state index in [1.165, 1.54) is 0 Å². The van der Waals surface area contributed by atoms with E-state index in [4.69, 9.17) is 4.74 Å². The zero-order valence-electron chi connectivity index (χ0n) is 14.3. The standard InChI is InChI=1S/C18H21F2N3O2/c1-12-15(13(2)23(21-12)18(19)20)10-17(24)22-8-9-25-11-16(22)14-6-4-3-5-7-14/h3-7,16,18H,8-11H2,1-2H3/t16-/m1/s1. The van der Waals surface area contributed by atoms with Crippen LogP contribution in [0.15, 0.2) is 30.3 Å². The summed E-state index contributed by atoms with van der Waals surface area (Å²) >= 11 is 0. The van der Waals surface area contributed by atoms with E-state index in [1.807, 2.05) is 30.3 Å². The predicted octanol–water partition coefficient (Wildman–Crippen LogP) is 3.04. The van der Waals surface area contributed by atoms with E-state index < -0.39 is 6.55 Å². The Kier molecular flexibility index (Phi) is 5.13. The summed E-state index contributed by atoms with van der Waals surface area (Å²) in [7, 11) is 0. The molecule has 1 aliphatic heterocycles. The van der Waals surface area contributed by atoms with Crippen LogP contribution in [0, 0.1) is 13.8 Å². The molecule has 3 rings (SSSR count). The second-order valence-electron chi connectivity index (χ2n) is 6.14. The molecule has 1 fully saturated rings. The van der Waals surface area contributed by atoms with Gasteiger partial charge in [-0.1, -0.05) is 30.3 Å². The molecule has 1 amide bonds. The van der Waals surface area contributed by atoms with Crippen LogP contribution in [-0.4, -0.2) is 40.3 Å². The van der Waals surface area contributed by atoms with Gasteiger partial charge in [0.2, 0.25) is 5.91 Å². The van der Waals surface area contributed by atoms with Gasteiger partial charge in [0.25, 0.3) is 0 Å². The van der Waals surface area contributed by atoms with E-state index in [-0.39, 0.29) is 18.4 Å². The third-order valence-corrected chi connectivity index (χ3v) is 4.62. The molecule has 1 saturated heterocycles. The first-order chi connectivity index (χ1) is 12.0. The van der Waals surface area contributed by atoms with E-state index in [1.54, 1.807) is 18.7 Å². The molecular weight excluding hydrogens is 328 g/mol. The highest BCUT2D eigenvalue weighted by Crippen LogP contribution is 2.26. The Morgan fingerprint density at radius 3 is 2.68 bits per heavy atom. The number of ether oxygens (including phenoxy) is 1. The number of carbonyl (C=O) groups excluding carboxylic acids is 1. The molecule has 134 valence electrons. The molecule has 0 spiro atoms. The SMILES string of the molecule is Cc1nn(C(F)F)c(C)c1CC(=O)N1CCOC[C@@H]1c1ccccc1. The highest BCUT2D eigenvalue weighted by atomic mass is 19.3. The normalized spacial score (nSPS) is 18.0. The Hall–Kier alpha value is -2.28. The number of alkyl halides is 2. The molecule has 2 aromatic rings. The molecule has 0 unspecified atom stereocenters. The van der Waals surface area contributed by atoms with Crippen LogP contribution >= 0.6 is 0 Å². The molecule has 1 atom stereocenters. The van der Waals surface area contributed by atoms with E-state index in [0.717, 1.165) is 5.56 Å². The van der Waals surface area contributed by atoms with Crippen molar-refractivity contribution in [1.82, 2.24) is 14.7 Å². The smallest absolute Gasteiger partial charge is 0.333 e. The molecule has 1 aromatic heterocycles. The number of benzene rings is 1. The first-order valence-corrected chi connectivity index (χ1v) is 8.24. The van der Waals surface area contributed by atoms with Crippen molar-refractivity contribution >= 4 is 5.91 Å². The zero-order chi connectivity index (χ0) is 18.0. The monoisotopic (exact) mass is 349 g/mol. The summed E-state index contributed by atoms with van der Waals surface area (Å²) in [6.45, 7) is 1.92. The van der Waals surface area contributed by atoms with E-state index >= 15 is 0 Å². The lowest BCUT2D eigenvalue weighted by molar-refractivity contribution is -0.139. The fourth-order valence-corrected chi connectivity index (χ4v) is 3.25. The molecule has 2 heterocycles. The molecule has 0 aliphatic carbocycles. The second-order valence-corrected chi connectivity index (χ2v) is 6.14. The van der Waals surface area contributed by atoms with Gasteiger partial charge in [0.05, 0.1) is 31.4 Å². The van der Waals surface area contributed by atoms with Gasteiger partial charge in [0, 0.05) is 17.8 Å². The topological polar surface area (TPSA) is 47.4 Å². The maximum Gasteiger partial charge on any atom is 0.333 e. The van der Waals surface area contributed by atoms with Gasteiger partial charge < -0.3 is 9.64 Å². The number of amides is 1. The van der Waals surface area contributed by atoms with Gasteiger partial charge in [0.1, 0.15) is 0 Å². The highest BCUT2D eigenvalue weighted by molar-refractivity contribution is 5.80. The van der Waals surface area contributed by atoms with Gasteiger partial charge in [-0.3, -0.25) is 4.79 Å². The van der Waals surface area contributed by atoms with Crippen molar-refractivity contribution in [1.29, 1.82) is 0 Å². The van der Waals surface area contributed by atoms with Crippen molar-refractivity contribution in [3.8, 4) is 0 Å². The fourth-order valence-electron chi connectivity index (χ4n) is 3.25. The molecule has 0 bridgehead atoms. The molecule has 0 saturated carbocycles. The van der Waals surface area contributed by atoms with Gasteiger partial charge in [-0.2, -0.15) is 13.9 Å². The van der Waals surface area contributed by atoms with Crippen LogP contribution in [0.4, 0.5) is 8.78 Å². The van der Waals surface area contributed by atoms with Crippen molar-refractivity contribution in [3.63, 3.8) is 0 Å². The number of halogens is 2. The summed E-state index contributed by atoms with van der Waals surface area (Å²) in [5.41, 5.74) is 2.39. The number of hydrogen-bond donors (Lipinski definition) is 0. The van der Waals surface area contributed by atoms with Gasteiger partial charge >= 0.3 is 6.55 Å². The Bertz CT molecular complexity index is 746. The minimum absolute atomic E-state index is 0.0632. The van der Waals surface area contributed by atoms with Gasteiger partial charge in [-0.25, -0.2) is 4.68 Å². The molecular formula is C18H21F2N3O2. The number of aryl methyl sites for hydroxylation is 1. The lowest BCUT2D eigenvalue weighted by Gasteiger charge is -2.36. The molecule has 1 aliphatic rings. The van der Waals surface area contributed by atoms with Crippen LogP contribution in [0.2, 0.25) is 0 Å². The van der Waals surface area contributed by atoms with E-state index in [0.29, 0.717) is 41.4 Å². The highest BCUT2D eigenvalue weighted by Gasteiger charge is 2.30. The summed E-state index contributed by atoms with van der Waals surface area (Å²) in [5.74, 6) is -0.0998. The number of rotatable bonds is 4. The summed E-state index contributed by atoms with van der Waals surface area (Å²) in [5, 5.41) is 3.86. The summed E-state index contributed by atoms with van der Waals surface area (Å²) in [6, 6.07) is 9.54. The van der Waals surface area contributed by atoms with Crippen molar-refractivity contribution in [2.45, 2.75) is 32.9 Å². The molecule has 1 aromatic carbocycles. The summed E-state index contributed by atoms with van der Waals surface area (Å²) < 4.78 is 32.2. The van der Waals surface area contributed by atoms with Crippen LogP contribution < -0.4 is 0 Å². The van der Waals surface area contributed by atoms with Gasteiger partial charge in [-0.05, 0) is 19.4 Å². The number of nitrogens with zero attached hydrogens (tertiary/aromatic N) is 3. The maximum atomic E-state index is 13.0. The minimum Gasteiger partial charge on any atom is -0.377 e. The van der Waals surface area contributed by atoms with Crippen molar-refractivity contribution in [3.05, 3.63) is 52.8 Å². The van der Waals surface area contributed by atoms with E-state index in [2.05, 4.69) is 5.10 Å². The lowest BCUT2D eigenvalue weighted by Crippen LogP contribution is -2.44. The number of morpholine rings is 1. The molecule has 0 N–H and O–H groups in total. The predicted molar refractivity (Wildman–Crippen MR) is 88.4 cm³/mol. The second kappa shape index (κ2) is 7.31. The lowest BCUT2D eigenvalue weighted by atomic mass is 10.0. The van der Waals surface area contributed by atoms with Crippen LogP contribution in [0.1, 0.15) is 35.1 Å². The van der Waals surface area contributed by atoms with Crippen LogP contribution in [-0.2, 0) is 16.0 Å². The van der Waals surface area contributed by atoms with Crippen LogP contribution in [0.3, 0.4) is 0 Å². The average Bonchev–Trinajstić information content (AvgIpc) is 2.91. The molecule has 7 heteroatoms. The molecule has 25 heavy (non-hydrogen) atoms. The first kappa shape index (κ1) is 17.5. The summed E-state index contributed by atoms with van der Waals surface area (Å²) in [6.07, 6.45) is 0.0632. The minimum atomic E-state index is -2.71. The summed E-state index contributed by atoms with van der Waals surface area (Å²) in [4.78, 5) is 14.7. The Balaban J connectivity index is 1.82. The third kappa shape index (κ3) is 3.56. The Morgan fingerprint density at radius 1 is 1.32 bits per heavy atom. The van der Waals surface area contributed by atoms with Crippen LogP contribution in [0.25, 0.3) is 0 Å². The Labute approximate surface area is 145 Å². The van der Waals surface area contributed by atoms with Crippen molar-refractivity contribution < 1.29 is 18.3 Å². The van der Waals surface area contributed by atoms with E-state index in [9.17, 15) is 13.6 Å². The molecule has 0 radical (unpaired) electrons. The number of hydrogen-bond acceptors (Lipinski definition) is 3. The average molecular weight is 349 g/mol. The Morgan fingerprint density at radius 2 is 2.04 bits per heavy atom. The quantitative estimate of drug-likeness (QED) is 0.852. The van der Waals surface area contributed by atoms with Crippen LogP contribution in [0.5, 0.6) is 0 Å². The fraction of sp³-hybridized carbons (Fsp3) is 0.444. The zero-order valence-corrected chi connectivity index (χ0v) is 14.3. The number of aromatic nitrogens is 2. The first-order valence-electron chi connectivity index (χ1n) is 8.24. The molecule has 5 nitrogen and oxygen atoms in total. The third-order valence-electron chi connectivity index (χ3n) is 4.62.